The molecular formula is C10H17N3O2. The standard InChI is InChI=1S/C10H17N3O2/c1-12-8(14)7-3-2-6-13(7)9(15)10(11)4-5-10/h7H,2-6,11H2,1H3,(H,12,14). The Morgan fingerprint density at radius 1 is 1.47 bits per heavy atom. The summed E-state index contributed by atoms with van der Waals surface area (Å²) in [6, 6.07) is -0.302. The van der Waals surface area contributed by atoms with E-state index in [0.29, 0.717) is 6.54 Å². The molecule has 0 aromatic heterocycles. The van der Waals surface area contributed by atoms with Gasteiger partial charge in [-0.05, 0) is 25.7 Å². The zero-order chi connectivity index (χ0) is 11.1. The van der Waals surface area contributed by atoms with Crippen LogP contribution in [-0.4, -0.2) is 41.9 Å². The van der Waals surface area contributed by atoms with Gasteiger partial charge in [-0.25, -0.2) is 0 Å². The van der Waals surface area contributed by atoms with Crippen molar-refractivity contribution < 1.29 is 9.59 Å². The van der Waals surface area contributed by atoms with E-state index in [1.807, 2.05) is 0 Å². The van der Waals surface area contributed by atoms with E-state index in [9.17, 15) is 9.59 Å². The van der Waals surface area contributed by atoms with E-state index in [1.165, 1.54) is 0 Å². The van der Waals surface area contributed by atoms with Crippen molar-refractivity contribution in [3.8, 4) is 0 Å². The van der Waals surface area contributed by atoms with Crippen molar-refractivity contribution in [2.24, 2.45) is 5.73 Å². The maximum absolute atomic E-state index is 12.0. The Balaban J connectivity index is 2.07. The summed E-state index contributed by atoms with van der Waals surface area (Å²) in [5.41, 5.74) is 5.19. The molecule has 84 valence electrons. The molecule has 0 spiro atoms. The molecule has 2 rings (SSSR count). The molecule has 1 atom stereocenters. The number of nitrogens with two attached hydrogens (primary N) is 1. The van der Waals surface area contributed by atoms with E-state index in [0.717, 1.165) is 25.7 Å². The van der Waals surface area contributed by atoms with Gasteiger partial charge < -0.3 is 16.0 Å². The number of likely N-dealkylation sites (tertiary alicyclic amines) is 1. The second kappa shape index (κ2) is 3.48. The first-order valence-electron chi connectivity index (χ1n) is 5.40. The highest BCUT2D eigenvalue weighted by Gasteiger charge is 2.50. The normalized spacial score (nSPS) is 27.6. The van der Waals surface area contributed by atoms with Gasteiger partial charge in [-0.15, -0.1) is 0 Å². The molecule has 2 aliphatic rings. The Kier molecular flexibility index (Phi) is 2.42. The SMILES string of the molecule is CNC(=O)C1CCCN1C(=O)C1(N)CC1. The average Bonchev–Trinajstić information content (AvgIpc) is 2.83. The Bertz CT molecular complexity index is 299. The third kappa shape index (κ3) is 1.71. The molecule has 1 saturated heterocycles. The molecule has 2 fully saturated rings. The molecule has 15 heavy (non-hydrogen) atoms. The number of hydrogen-bond donors (Lipinski definition) is 2. The summed E-state index contributed by atoms with van der Waals surface area (Å²) in [6.45, 7) is 0.663. The Hall–Kier alpha value is -1.10. The first-order chi connectivity index (χ1) is 7.08. The molecule has 5 nitrogen and oxygen atoms in total. The monoisotopic (exact) mass is 211 g/mol. The first kappa shape index (κ1) is 10.4. The van der Waals surface area contributed by atoms with Crippen LogP contribution >= 0.6 is 0 Å². The van der Waals surface area contributed by atoms with Crippen molar-refractivity contribution in [3.05, 3.63) is 0 Å². The van der Waals surface area contributed by atoms with Crippen LogP contribution in [-0.2, 0) is 9.59 Å². The predicted octanol–water partition coefficient (Wildman–Crippen LogP) is -0.785. The highest BCUT2D eigenvalue weighted by atomic mass is 16.2. The molecule has 3 N–H and O–H groups in total. The molecular weight excluding hydrogens is 194 g/mol. The third-order valence-corrected chi connectivity index (χ3v) is 3.28. The number of carbonyl (C=O) groups excluding carboxylic acids is 2. The molecule has 1 saturated carbocycles. The van der Waals surface area contributed by atoms with Crippen LogP contribution < -0.4 is 11.1 Å². The van der Waals surface area contributed by atoms with Gasteiger partial charge in [-0.2, -0.15) is 0 Å². The lowest BCUT2D eigenvalue weighted by Crippen LogP contribution is -2.51. The van der Waals surface area contributed by atoms with Crippen molar-refractivity contribution >= 4 is 11.8 Å². The predicted molar refractivity (Wildman–Crippen MR) is 55.0 cm³/mol. The number of nitrogens with zero attached hydrogens (tertiary/aromatic N) is 1. The number of rotatable bonds is 2. The number of likely N-dealkylation sites (N-methyl/N-ethyl adjacent to an activating group) is 1. The highest BCUT2D eigenvalue weighted by molar-refractivity contribution is 5.94. The lowest BCUT2D eigenvalue weighted by molar-refractivity contribution is -0.139. The molecule has 1 heterocycles. The van der Waals surface area contributed by atoms with Gasteiger partial charge in [0.1, 0.15) is 6.04 Å². The topological polar surface area (TPSA) is 75.4 Å². The van der Waals surface area contributed by atoms with Gasteiger partial charge >= 0.3 is 0 Å². The third-order valence-electron chi connectivity index (χ3n) is 3.28. The second-order valence-electron chi connectivity index (χ2n) is 4.43. The van der Waals surface area contributed by atoms with Gasteiger partial charge in [0.15, 0.2) is 0 Å². The minimum absolute atomic E-state index is 0.0476. The maximum Gasteiger partial charge on any atom is 0.243 e. The fourth-order valence-electron chi connectivity index (χ4n) is 2.08. The Morgan fingerprint density at radius 3 is 2.67 bits per heavy atom. The molecule has 0 aromatic carbocycles. The van der Waals surface area contributed by atoms with E-state index in [4.69, 9.17) is 5.73 Å². The van der Waals surface area contributed by atoms with E-state index < -0.39 is 5.54 Å². The fourth-order valence-corrected chi connectivity index (χ4v) is 2.08. The number of nitrogens with one attached hydrogen (secondary N) is 1. The molecule has 0 radical (unpaired) electrons. The van der Waals surface area contributed by atoms with Crippen LogP contribution in [0.25, 0.3) is 0 Å². The van der Waals surface area contributed by atoms with Gasteiger partial charge in [0.05, 0.1) is 5.54 Å². The van der Waals surface area contributed by atoms with Gasteiger partial charge in [0.25, 0.3) is 0 Å². The van der Waals surface area contributed by atoms with Crippen LogP contribution in [0.1, 0.15) is 25.7 Å². The minimum Gasteiger partial charge on any atom is -0.357 e. The highest BCUT2D eigenvalue weighted by Crippen LogP contribution is 2.36. The maximum atomic E-state index is 12.0. The zero-order valence-electron chi connectivity index (χ0n) is 8.95. The largest absolute Gasteiger partial charge is 0.357 e. The summed E-state index contributed by atoms with van der Waals surface area (Å²) in [6.07, 6.45) is 3.15. The summed E-state index contributed by atoms with van der Waals surface area (Å²) in [7, 11) is 1.60. The first-order valence-corrected chi connectivity index (χ1v) is 5.40. The van der Waals surface area contributed by atoms with Crippen molar-refractivity contribution in [2.75, 3.05) is 13.6 Å². The molecule has 0 aromatic rings. The van der Waals surface area contributed by atoms with Crippen LogP contribution in [0, 0.1) is 0 Å². The Morgan fingerprint density at radius 2 is 2.13 bits per heavy atom. The van der Waals surface area contributed by atoms with E-state index in [-0.39, 0.29) is 17.9 Å². The fraction of sp³-hybridized carbons (Fsp3) is 0.800. The van der Waals surface area contributed by atoms with Crippen LogP contribution in [0.2, 0.25) is 0 Å². The van der Waals surface area contributed by atoms with Gasteiger partial charge in [-0.3, -0.25) is 9.59 Å². The van der Waals surface area contributed by atoms with Crippen molar-refractivity contribution in [3.63, 3.8) is 0 Å². The van der Waals surface area contributed by atoms with Gasteiger partial charge in [0, 0.05) is 13.6 Å². The minimum atomic E-state index is -0.656. The van der Waals surface area contributed by atoms with Crippen LogP contribution in [0.3, 0.4) is 0 Å². The van der Waals surface area contributed by atoms with E-state index in [1.54, 1.807) is 11.9 Å². The van der Waals surface area contributed by atoms with E-state index in [2.05, 4.69) is 5.32 Å². The summed E-state index contributed by atoms with van der Waals surface area (Å²) in [5.74, 6) is -0.126. The summed E-state index contributed by atoms with van der Waals surface area (Å²) in [4.78, 5) is 25.2. The van der Waals surface area contributed by atoms with Gasteiger partial charge in [0.2, 0.25) is 11.8 Å². The quantitative estimate of drug-likeness (QED) is 0.629. The Labute approximate surface area is 89.0 Å². The molecule has 0 bridgehead atoms. The molecule has 1 aliphatic carbocycles. The van der Waals surface area contributed by atoms with Crippen molar-refractivity contribution in [1.82, 2.24) is 10.2 Å². The lowest BCUT2D eigenvalue weighted by Gasteiger charge is -2.26. The van der Waals surface area contributed by atoms with Crippen LogP contribution in [0.5, 0.6) is 0 Å². The number of hydrogen-bond acceptors (Lipinski definition) is 3. The molecule has 2 amide bonds. The summed E-state index contributed by atoms with van der Waals surface area (Å²) >= 11 is 0. The zero-order valence-corrected chi connectivity index (χ0v) is 8.95. The molecule has 5 heteroatoms. The number of amides is 2. The van der Waals surface area contributed by atoms with Crippen LogP contribution in [0.4, 0.5) is 0 Å². The molecule has 1 aliphatic heterocycles. The average molecular weight is 211 g/mol. The lowest BCUT2D eigenvalue weighted by atomic mass is 10.2. The van der Waals surface area contributed by atoms with Crippen molar-refractivity contribution in [1.29, 1.82) is 0 Å². The van der Waals surface area contributed by atoms with Gasteiger partial charge in [-0.1, -0.05) is 0 Å². The van der Waals surface area contributed by atoms with E-state index >= 15 is 0 Å². The number of carbonyl (C=O) groups is 2. The smallest absolute Gasteiger partial charge is 0.243 e. The second-order valence-corrected chi connectivity index (χ2v) is 4.43. The molecule has 1 unspecified atom stereocenters. The van der Waals surface area contributed by atoms with Crippen molar-refractivity contribution in [2.45, 2.75) is 37.3 Å². The van der Waals surface area contributed by atoms with Crippen LogP contribution in [0.15, 0.2) is 0 Å². The summed E-state index contributed by atoms with van der Waals surface area (Å²) < 4.78 is 0. The summed E-state index contributed by atoms with van der Waals surface area (Å²) in [5, 5.41) is 2.59.